The number of benzene rings is 1. The highest BCUT2D eigenvalue weighted by atomic mass is 16.5. The van der Waals surface area contributed by atoms with Crippen molar-refractivity contribution in [2.45, 2.75) is 44.8 Å². The minimum atomic E-state index is -0.386. The van der Waals surface area contributed by atoms with Crippen LogP contribution in [0.15, 0.2) is 24.3 Å². The first kappa shape index (κ1) is 24.8. The normalized spacial score (nSPS) is 20.4. The fraction of sp³-hybridized carbons (Fsp3) is 0.593. The van der Waals surface area contributed by atoms with Crippen LogP contribution < -0.4 is 9.64 Å². The SMILES string of the molecule is COc1ccc2cc(CN(CCCN3CCCC3=O)C(=O)[C@H]3CCCO3)c(N3CCOCC3)nc2c1. The number of likely N-dealkylation sites (tertiary alicyclic amines) is 1. The molecule has 0 unspecified atom stereocenters. The molecule has 36 heavy (non-hydrogen) atoms. The van der Waals surface area contributed by atoms with Crippen LogP contribution in [-0.4, -0.2) is 92.4 Å². The molecule has 2 amide bonds. The number of anilines is 1. The van der Waals surface area contributed by atoms with Gasteiger partial charge in [-0.2, -0.15) is 0 Å². The molecule has 3 fully saturated rings. The Hall–Kier alpha value is -2.91. The molecule has 1 aromatic heterocycles. The zero-order chi connectivity index (χ0) is 24.9. The maximum atomic E-state index is 13.5. The Bertz CT molecular complexity index is 1080. The lowest BCUT2D eigenvalue weighted by molar-refractivity contribution is -0.141. The number of carbonyl (C=O) groups is 2. The van der Waals surface area contributed by atoms with Crippen LogP contribution in [0.4, 0.5) is 5.82 Å². The third-order valence-corrected chi connectivity index (χ3v) is 7.30. The third-order valence-electron chi connectivity index (χ3n) is 7.30. The number of morpholine rings is 1. The van der Waals surface area contributed by atoms with Crippen molar-refractivity contribution >= 4 is 28.5 Å². The first-order valence-electron chi connectivity index (χ1n) is 13.1. The summed E-state index contributed by atoms with van der Waals surface area (Å²) >= 11 is 0. The zero-order valence-corrected chi connectivity index (χ0v) is 21.1. The van der Waals surface area contributed by atoms with Gasteiger partial charge in [-0.25, -0.2) is 4.98 Å². The lowest BCUT2D eigenvalue weighted by Gasteiger charge is -2.32. The average molecular weight is 497 g/mol. The van der Waals surface area contributed by atoms with E-state index in [1.54, 1.807) is 7.11 Å². The Morgan fingerprint density at radius 2 is 2.03 bits per heavy atom. The van der Waals surface area contributed by atoms with Crippen LogP contribution in [0.3, 0.4) is 0 Å². The van der Waals surface area contributed by atoms with Crippen LogP contribution in [0.25, 0.3) is 10.9 Å². The Morgan fingerprint density at radius 1 is 1.17 bits per heavy atom. The number of rotatable bonds is 9. The summed E-state index contributed by atoms with van der Waals surface area (Å²) in [4.78, 5) is 36.7. The average Bonchev–Trinajstić information content (AvgIpc) is 3.60. The van der Waals surface area contributed by atoms with Crippen molar-refractivity contribution in [3.8, 4) is 5.75 Å². The Balaban J connectivity index is 1.42. The third kappa shape index (κ3) is 5.57. The van der Waals surface area contributed by atoms with Crippen LogP contribution in [0, 0.1) is 0 Å². The van der Waals surface area contributed by atoms with E-state index < -0.39 is 0 Å². The Kier molecular flexibility index (Phi) is 7.87. The molecular weight excluding hydrogens is 460 g/mol. The van der Waals surface area contributed by atoms with Gasteiger partial charge in [0.25, 0.3) is 5.91 Å². The van der Waals surface area contributed by atoms with E-state index in [0.29, 0.717) is 45.9 Å². The topological polar surface area (TPSA) is 84.4 Å². The van der Waals surface area contributed by atoms with Gasteiger partial charge in [0.15, 0.2) is 0 Å². The molecule has 1 aromatic carbocycles. The second-order valence-electron chi connectivity index (χ2n) is 9.73. The van der Waals surface area contributed by atoms with Gasteiger partial charge in [0.2, 0.25) is 5.91 Å². The van der Waals surface area contributed by atoms with Crippen molar-refractivity contribution in [3.63, 3.8) is 0 Å². The number of methoxy groups -OCH3 is 1. The van der Waals surface area contributed by atoms with Crippen molar-refractivity contribution in [1.82, 2.24) is 14.8 Å². The van der Waals surface area contributed by atoms with Crippen molar-refractivity contribution < 1.29 is 23.8 Å². The molecule has 0 aliphatic carbocycles. The van der Waals surface area contributed by atoms with E-state index in [1.807, 2.05) is 28.0 Å². The monoisotopic (exact) mass is 496 g/mol. The van der Waals surface area contributed by atoms with Gasteiger partial charge in [0.1, 0.15) is 17.7 Å². The van der Waals surface area contributed by atoms with E-state index in [2.05, 4.69) is 11.0 Å². The summed E-state index contributed by atoms with van der Waals surface area (Å²) in [6.07, 6.45) is 3.58. The first-order chi connectivity index (χ1) is 17.6. The van der Waals surface area contributed by atoms with Crippen LogP contribution in [0.5, 0.6) is 5.75 Å². The number of amides is 2. The number of carbonyl (C=O) groups excluding carboxylic acids is 2. The molecule has 3 aliphatic heterocycles. The number of aromatic nitrogens is 1. The maximum absolute atomic E-state index is 13.5. The van der Waals surface area contributed by atoms with Gasteiger partial charge < -0.3 is 28.9 Å². The maximum Gasteiger partial charge on any atom is 0.252 e. The summed E-state index contributed by atoms with van der Waals surface area (Å²) in [5.74, 6) is 1.90. The van der Waals surface area contributed by atoms with Gasteiger partial charge in [0, 0.05) is 69.3 Å². The molecule has 0 bridgehead atoms. The molecule has 1 atom stereocenters. The van der Waals surface area contributed by atoms with E-state index in [-0.39, 0.29) is 17.9 Å². The van der Waals surface area contributed by atoms with E-state index in [4.69, 9.17) is 19.2 Å². The number of pyridine rings is 1. The van der Waals surface area contributed by atoms with Gasteiger partial charge in [-0.1, -0.05) is 0 Å². The number of fused-ring (bicyclic) bond motifs is 1. The minimum absolute atomic E-state index is 0.0306. The van der Waals surface area contributed by atoms with E-state index >= 15 is 0 Å². The smallest absolute Gasteiger partial charge is 0.252 e. The summed E-state index contributed by atoms with van der Waals surface area (Å²) in [5.41, 5.74) is 1.88. The molecule has 0 saturated carbocycles. The van der Waals surface area contributed by atoms with Crippen LogP contribution in [0.1, 0.15) is 37.7 Å². The highest BCUT2D eigenvalue weighted by molar-refractivity contribution is 5.84. The van der Waals surface area contributed by atoms with Gasteiger partial charge >= 0.3 is 0 Å². The van der Waals surface area contributed by atoms with Crippen LogP contribution in [0.2, 0.25) is 0 Å². The van der Waals surface area contributed by atoms with Gasteiger partial charge in [-0.05, 0) is 43.9 Å². The lowest BCUT2D eigenvalue weighted by atomic mass is 10.1. The largest absolute Gasteiger partial charge is 0.497 e. The van der Waals surface area contributed by atoms with E-state index in [1.165, 1.54) is 0 Å². The van der Waals surface area contributed by atoms with E-state index in [0.717, 1.165) is 73.4 Å². The molecule has 5 rings (SSSR count). The van der Waals surface area contributed by atoms with Crippen LogP contribution >= 0.6 is 0 Å². The second kappa shape index (κ2) is 11.4. The standard InChI is InChI=1S/C27H36N4O5/c1-34-22-8-7-20-17-21(26(28-23(20)18-22)30-12-15-35-16-13-30)19-31(27(33)24-5-3-14-36-24)11-4-10-29-9-2-6-25(29)32/h7-8,17-18,24H,2-6,9-16,19H2,1H3/t24-/m1/s1. The highest BCUT2D eigenvalue weighted by Crippen LogP contribution is 2.29. The molecule has 194 valence electrons. The van der Waals surface area contributed by atoms with Crippen molar-refractivity contribution in [3.05, 3.63) is 29.8 Å². The Labute approximate surface area is 212 Å². The molecule has 3 saturated heterocycles. The number of nitrogens with zero attached hydrogens (tertiary/aromatic N) is 4. The zero-order valence-electron chi connectivity index (χ0n) is 21.1. The van der Waals surface area contributed by atoms with Crippen molar-refractivity contribution in [1.29, 1.82) is 0 Å². The molecule has 9 nitrogen and oxygen atoms in total. The summed E-state index contributed by atoms with van der Waals surface area (Å²) in [5, 5.41) is 1.01. The minimum Gasteiger partial charge on any atom is -0.497 e. The van der Waals surface area contributed by atoms with E-state index in [9.17, 15) is 9.59 Å². The molecule has 3 aliphatic rings. The first-order valence-corrected chi connectivity index (χ1v) is 13.1. The number of ether oxygens (including phenoxy) is 3. The van der Waals surface area contributed by atoms with Gasteiger partial charge in [0.05, 0.1) is 25.8 Å². The number of hydrogen-bond acceptors (Lipinski definition) is 7. The molecule has 9 heteroatoms. The van der Waals surface area contributed by atoms with Gasteiger partial charge in [-0.3, -0.25) is 9.59 Å². The summed E-state index contributed by atoms with van der Waals surface area (Å²) < 4.78 is 16.8. The Morgan fingerprint density at radius 3 is 2.75 bits per heavy atom. The molecule has 0 spiro atoms. The fourth-order valence-electron chi connectivity index (χ4n) is 5.31. The number of hydrogen-bond donors (Lipinski definition) is 0. The molecule has 0 radical (unpaired) electrons. The van der Waals surface area contributed by atoms with Gasteiger partial charge in [-0.15, -0.1) is 0 Å². The molecule has 4 heterocycles. The predicted molar refractivity (Wildman–Crippen MR) is 136 cm³/mol. The quantitative estimate of drug-likeness (QED) is 0.528. The molecular formula is C27H36N4O5. The summed E-state index contributed by atoms with van der Waals surface area (Å²) in [6.45, 7) is 5.97. The summed E-state index contributed by atoms with van der Waals surface area (Å²) in [7, 11) is 1.66. The fourth-order valence-corrected chi connectivity index (χ4v) is 5.31. The molecule has 2 aromatic rings. The lowest BCUT2D eigenvalue weighted by Crippen LogP contribution is -2.41. The van der Waals surface area contributed by atoms with Crippen molar-refractivity contribution in [2.24, 2.45) is 0 Å². The summed E-state index contributed by atoms with van der Waals surface area (Å²) in [6, 6.07) is 8.04. The van der Waals surface area contributed by atoms with Crippen molar-refractivity contribution in [2.75, 3.05) is 64.6 Å². The molecule has 0 N–H and O–H groups in total. The second-order valence-corrected chi connectivity index (χ2v) is 9.73. The predicted octanol–water partition coefficient (Wildman–Crippen LogP) is 2.60. The highest BCUT2D eigenvalue weighted by Gasteiger charge is 2.30. The van der Waals surface area contributed by atoms with Crippen LogP contribution in [-0.2, 0) is 25.6 Å².